The van der Waals surface area contributed by atoms with E-state index in [2.05, 4.69) is 20.1 Å². The molecule has 1 aliphatic heterocycles. The van der Waals surface area contributed by atoms with Crippen molar-refractivity contribution in [1.82, 2.24) is 14.8 Å². The van der Waals surface area contributed by atoms with Gasteiger partial charge < -0.3 is 14.8 Å². The molecule has 0 aliphatic carbocycles. The first-order valence-corrected chi connectivity index (χ1v) is 7.68. The number of aromatic nitrogens is 3. The summed E-state index contributed by atoms with van der Waals surface area (Å²) >= 11 is 0. The monoisotopic (exact) mass is 302 g/mol. The second-order valence-electron chi connectivity index (χ2n) is 5.40. The summed E-state index contributed by atoms with van der Waals surface area (Å²) in [6.07, 6.45) is 4.70. The maximum absolute atomic E-state index is 5.31. The van der Waals surface area contributed by atoms with Crippen LogP contribution in [0, 0.1) is 0 Å². The van der Waals surface area contributed by atoms with Crippen LogP contribution in [-0.2, 0) is 19.5 Å². The van der Waals surface area contributed by atoms with Gasteiger partial charge in [0.1, 0.15) is 5.82 Å². The van der Waals surface area contributed by atoms with E-state index in [9.17, 15) is 0 Å². The summed E-state index contributed by atoms with van der Waals surface area (Å²) in [4.78, 5) is 4.64. The Bertz CT molecular complexity index is 616. The van der Waals surface area contributed by atoms with Gasteiger partial charge in [-0.05, 0) is 25.0 Å². The van der Waals surface area contributed by atoms with E-state index >= 15 is 0 Å². The molecule has 2 aromatic rings. The van der Waals surface area contributed by atoms with Crippen molar-refractivity contribution >= 4 is 5.69 Å². The quantitative estimate of drug-likeness (QED) is 0.920. The summed E-state index contributed by atoms with van der Waals surface area (Å²) < 4.78 is 12.6. The van der Waals surface area contributed by atoms with Gasteiger partial charge in [0.25, 0.3) is 0 Å². The third-order valence-electron chi connectivity index (χ3n) is 3.90. The first kappa shape index (κ1) is 14.7. The van der Waals surface area contributed by atoms with E-state index in [1.54, 1.807) is 14.2 Å². The summed E-state index contributed by atoms with van der Waals surface area (Å²) in [6, 6.07) is 5.76. The minimum Gasteiger partial charge on any atom is -0.493 e. The Morgan fingerprint density at radius 3 is 2.82 bits per heavy atom. The molecule has 0 fully saturated rings. The molecule has 0 amide bonds. The Hall–Kier alpha value is -2.24. The fourth-order valence-electron chi connectivity index (χ4n) is 2.71. The van der Waals surface area contributed by atoms with Gasteiger partial charge in [0.2, 0.25) is 0 Å². The van der Waals surface area contributed by atoms with Crippen LogP contribution in [0.5, 0.6) is 11.5 Å². The summed E-state index contributed by atoms with van der Waals surface area (Å²) in [5.41, 5.74) is 0.961. The first-order valence-electron chi connectivity index (χ1n) is 7.68. The van der Waals surface area contributed by atoms with Gasteiger partial charge in [0, 0.05) is 24.7 Å². The van der Waals surface area contributed by atoms with Crippen molar-refractivity contribution in [2.24, 2.45) is 0 Å². The van der Waals surface area contributed by atoms with E-state index < -0.39 is 0 Å². The molecule has 0 unspecified atom stereocenters. The van der Waals surface area contributed by atoms with Gasteiger partial charge in [-0.25, -0.2) is 9.67 Å². The van der Waals surface area contributed by atoms with Gasteiger partial charge in [0.15, 0.2) is 17.3 Å². The predicted molar refractivity (Wildman–Crippen MR) is 84.4 cm³/mol. The largest absolute Gasteiger partial charge is 0.493 e. The molecule has 1 aliphatic rings. The molecule has 6 heteroatoms. The van der Waals surface area contributed by atoms with Crippen LogP contribution in [0.3, 0.4) is 0 Å². The molecule has 2 heterocycles. The van der Waals surface area contributed by atoms with Gasteiger partial charge in [-0.3, -0.25) is 0 Å². The molecule has 0 radical (unpaired) electrons. The lowest BCUT2D eigenvalue weighted by molar-refractivity contribution is 0.355. The van der Waals surface area contributed by atoms with Crippen LogP contribution >= 0.6 is 0 Å². The molecule has 1 aromatic heterocycles. The molecule has 3 rings (SSSR count). The number of methoxy groups -OCH3 is 2. The number of anilines is 1. The van der Waals surface area contributed by atoms with Crippen LogP contribution in [0.15, 0.2) is 18.2 Å². The predicted octanol–water partition coefficient (Wildman–Crippen LogP) is 2.63. The average Bonchev–Trinajstić information content (AvgIpc) is 2.82. The standard InChI is InChI=1S/C16H22N4O2/c1-21-13-8-7-12(10-14(13)22-2)17-11-15-18-16-6-4-3-5-9-20(16)19-15/h7-8,10,17H,3-6,9,11H2,1-2H3. The Morgan fingerprint density at radius 1 is 1.14 bits per heavy atom. The molecule has 1 aromatic carbocycles. The summed E-state index contributed by atoms with van der Waals surface area (Å²) in [7, 11) is 3.27. The van der Waals surface area contributed by atoms with Crippen LogP contribution in [-0.4, -0.2) is 29.0 Å². The Balaban J connectivity index is 1.67. The first-order chi connectivity index (χ1) is 10.8. The third kappa shape index (κ3) is 3.16. The molecular weight excluding hydrogens is 280 g/mol. The van der Waals surface area contributed by atoms with Crippen LogP contribution in [0.4, 0.5) is 5.69 Å². The normalized spacial score (nSPS) is 14.1. The third-order valence-corrected chi connectivity index (χ3v) is 3.90. The molecule has 0 spiro atoms. The number of rotatable bonds is 5. The lowest BCUT2D eigenvalue weighted by Gasteiger charge is -2.10. The van der Waals surface area contributed by atoms with Gasteiger partial charge >= 0.3 is 0 Å². The Kier molecular flexibility index (Phi) is 4.46. The van der Waals surface area contributed by atoms with Gasteiger partial charge in [-0.1, -0.05) is 6.42 Å². The Morgan fingerprint density at radius 2 is 2.00 bits per heavy atom. The second-order valence-corrected chi connectivity index (χ2v) is 5.40. The minimum atomic E-state index is 0.607. The lowest BCUT2D eigenvalue weighted by Crippen LogP contribution is -2.04. The van der Waals surface area contributed by atoms with E-state index in [0.29, 0.717) is 12.3 Å². The SMILES string of the molecule is COc1ccc(NCc2nc3n(n2)CCCCC3)cc1OC. The van der Waals surface area contributed by atoms with Gasteiger partial charge in [-0.15, -0.1) is 0 Å². The lowest BCUT2D eigenvalue weighted by atomic mass is 10.2. The van der Waals surface area contributed by atoms with Crippen molar-refractivity contribution in [2.45, 2.75) is 38.8 Å². The molecule has 0 saturated heterocycles. The van der Waals surface area contributed by atoms with E-state index in [0.717, 1.165) is 36.1 Å². The van der Waals surface area contributed by atoms with E-state index in [1.165, 1.54) is 19.3 Å². The van der Waals surface area contributed by atoms with Crippen molar-refractivity contribution in [3.8, 4) is 11.5 Å². The number of aryl methyl sites for hydroxylation is 2. The molecule has 1 N–H and O–H groups in total. The van der Waals surface area contributed by atoms with Crippen LogP contribution in [0.25, 0.3) is 0 Å². The van der Waals surface area contributed by atoms with Gasteiger partial charge in [-0.2, -0.15) is 5.10 Å². The number of nitrogens with one attached hydrogen (secondary N) is 1. The molecule has 118 valence electrons. The molecular formula is C16H22N4O2. The maximum atomic E-state index is 5.31. The summed E-state index contributed by atoms with van der Waals surface area (Å²) in [6.45, 7) is 1.59. The molecule has 6 nitrogen and oxygen atoms in total. The number of hydrogen-bond donors (Lipinski definition) is 1. The highest BCUT2D eigenvalue weighted by atomic mass is 16.5. The number of benzene rings is 1. The smallest absolute Gasteiger partial charge is 0.169 e. The molecule has 0 atom stereocenters. The highest BCUT2D eigenvalue weighted by Gasteiger charge is 2.12. The highest BCUT2D eigenvalue weighted by Crippen LogP contribution is 2.29. The topological polar surface area (TPSA) is 61.2 Å². The Labute approximate surface area is 130 Å². The fraction of sp³-hybridized carbons (Fsp3) is 0.500. The van der Waals surface area contributed by atoms with Gasteiger partial charge in [0.05, 0.1) is 20.8 Å². The minimum absolute atomic E-state index is 0.607. The van der Waals surface area contributed by atoms with Crippen LogP contribution in [0.2, 0.25) is 0 Å². The maximum Gasteiger partial charge on any atom is 0.169 e. The number of hydrogen-bond acceptors (Lipinski definition) is 5. The van der Waals surface area contributed by atoms with Crippen LogP contribution < -0.4 is 14.8 Å². The van der Waals surface area contributed by atoms with Crippen molar-refractivity contribution in [3.05, 3.63) is 29.8 Å². The van der Waals surface area contributed by atoms with Crippen molar-refractivity contribution in [3.63, 3.8) is 0 Å². The zero-order valence-corrected chi connectivity index (χ0v) is 13.1. The zero-order valence-electron chi connectivity index (χ0n) is 13.1. The molecule has 0 saturated carbocycles. The summed E-state index contributed by atoms with van der Waals surface area (Å²) in [5.74, 6) is 3.38. The zero-order chi connectivity index (χ0) is 15.4. The van der Waals surface area contributed by atoms with Crippen LogP contribution in [0.1, 0.15) is 30.9 Å². The molecule has 0 bridgehead atoms. The molecule has 22 heavy (non-hydrogen) atoms. The number of fused-ring (bicyclic) bond motifs is 1. The van der Waals surface area contributed by atoms with Crippen molar-refractivity contribution in [1.29, 1.82) is 0 Å². The number of ether oxygens (including phenoxy) is 2. The van der Waals surface area contributed by atoms with E-state index in [4.69, 9.17) is 9.47 Å². The second kappa shape index (κ2) is 6.68. The van der Waals surface area contributed by atoms with E-state index in [1.807, 2.05) is 18.2 Å². The number of nitrogens with zero attached hydrogens (tertiary/aromatic N) is 3. The average molecular weight is 302 g/mol. The van der Waals surface area contributed by atoms with Crippen molar-refractivity contribution < 1.29 is 9.47 Å². The fourth-order valence-corrected chi connectivity index (χ4v) is 2.71. The summed E-state index contributed by atoms with van der Waals surface area (Å²) in [5, 5.41) is 7.93. The van der Waals surface area contributed by atoms with Crippen molar-refractivity contribution in [2.75, 3.05) is 19.5 Å². The highest BCUT2D eigenvalue weighted by molar-refractivity contribution is 5.54. The van der Waals surface area contributed by atoms with E-state index in [-0.39, 0.29) is 0 Å².